The summed E-state index contributed by atoms with van der Waals surface area (Å²) in [6, 6.07) is 1.12. The van der Waals surface area contributed by atoms with E-state index in [0.29, 0.717) is 18.0 Å². The first-order chi connectivity index (χ1) is 10.3. The number of nitrogens with one attached hydrogen (secondary N) is 1. The van der Waals surface area contributed by atoms with Crippen LogP contribution in [0.2, 0.25) is 0 Å². The Bertz CT molecular complexity index is 296. The second-order valence-electron chi connectivity index (χ2n) is 6.94. The first kappa shape index (κ1) is 16.8. The maximum Gasteiger partial charge on any atom is 0.222 e. The molecule has 0 bridgehead atoms. The lowest BCUT2D eigenvalue weighted by Crippen LogP contribution is -2.46. The minimum Gasteiger partial charge on any atom is -0.338 e. The van der Waals surface area contributed by atoms with Crippen LogP contribution in [0.25, 0.3) is 0 Å². The van der Waals surface area contributed by atoms with Gasteiger partial charge in [0.25, 0.3) is 0 Å². The van der Waals surface area contributed by atoms with Gasteiger partial charge in [-0.15, -0.1) is 0 Å². The monoisotopic (exact) mass is 294 g/mol. The van der Waals surface area contributed by atoms with E-state index in [2.05, 4.69) is 17.1 Å². The molecule has 1 unspecified atom stereocenters. The van der Waals surface area contributed by atoms with Gasteiger partial charge >= 0.3 is 0 Å². The van der Waals surface area contributed by atoms with Crippen LogP contribution in [-0.2, 0) is 4.79 Å². The minimum absolute atomic E-state index is 0.417. The third-order valence-corrected chi connectivity index (χ3v) is 4.88. The number of hydrogen-bond donors (Lipinski definition) is 1. The zero-order valence-electron chi connectivity index (χ0n) is 13.9. The highest BCUT2D eigenvalue weighted by Crippen LogP contribution is 2.28. The number of piperidine rings is 1. The van der Waals surface area contributed by atoms with Gasteiger partial charge in [-0.25, -0.2) is 0 Å². The van der Waals surface area contributed by atoms with Crippen LogP contribution < -0.4 is 5.32 Å². The lowest BCUT2D eigenvalue weighted by molar-refractivity contribution is -0.132. The Balaban J connectivity index is 1.64. The molecule has 0 radical (unpaired) electrons. The van der Waals surface area contributed by atoms with Crippen molar-refractivity contribution in [2.75, 3.05) is 13.1 Å². The molecule has 3 nitrogen and oxygen atoms in total. The number of unbranched alkanes of at least 4 members (excludes halogenated alkanes) is 5. The zero-order chi connectivity index (χ0) is 14.9. The predicted octanol–water partition coefficient (Wildman–Crippen LogP) is 3.87. The second kappa shape index (κ2) is 9.45. The Kier molecular flexibility index (Phi) is 7.56. The summed E-state index contributed by atoms with van der Waals surface area (Å²) in [6.45, 7) is 4.34. The Morgan fingerprint density at radius 1 is 1.05 bits per heavy atom. The Labute approximate surface area is 130 Å². The SMILES string of the molecule is CCCCCCCCC(=O)N(CC1CCCCN1)C1CC1. The fraction of sp³-hybridized carbons (Fsp3) is 0.944. The van der Waals surface area contributed by atoms with Crippen LogP contribution in [0, 0.1) is 0 Å². The average molecular weight is 294 g/mol. The third-order valence-electron chi connectivity index (χ3n) is 4.88. The molecular weight excluding hydrogens is 260 g/mol. The molecule has 122 valence electrons. The Morgan fingerprint density at radius 2 is 1.81 bits per heavy atom. The molecule has 0 spiro atoms. The van der Waals surface area contributed by atoms with Crippen LogP contribution in [0.1, 0.15) is 84.0 Å². The fourth-order valence-electron chi connectivity index (χ4n) is 3.36. The van der Waals surface area contributed by atoms with Crippen molar-refractivity contribution in [3.63, 3.8) is 0 Å². The molecule has 2 aliphatic rings. The molecule has 1 aliphatic heterocycles. The number of carbonyl (C=O) groups excluding carboxylic acids is 1. The van der Waals surface area contributed by atoms with Crippen molar-refractivity contribution in [3.05, 3.63) is 0 Å². The van der Waals surface area contributed by atoms with E-state index in [0.717, 1.165) is 25.9 Å². The molecule has 3 heteroatoms. The maximum atomic E-state index is 12.5. The minimum atomic E-state index is 0.417. The van der Waals surface area contributed by atoms with Crippen molar-refractivity contribution in [2.24, 2.45) is 0 Å². The summed E-state index contributed by atoms with van der Waals surface area (Å²) in [7, 11) is 0. The van der Waals surface area contributed by atoms with Crippen molar-refractivity contribution in [3.8, 4) is 0 Å². The van der Waals surface area contributed by atoms with Gasteiger partial charge in [0.05, 0.1) is 0 Å². The largest absolute Gasteiger partial charge is 0.338 e. The molecule has 2 rings (SSSR count). The van der Waals surface area contributed by atoms with Gasteiger partial charge < -0.3 is 10.2 Å². The maximum absolute atomic E-state index is 12.5. The summed E-state index contributed by atoms with van der Waals surface area (Å²) in [6.07, 6.45) is 14.7. The first-order valence-corrected chi connectivity index (χ1v) is 9.34. The van der Waals surface area contributed by atoms with Crippen LogP contribution in [0.5, 0.6) is 0 Å². The highest BCUT2D eigenvalue weighted by molar-refractivity contribution is 5.76. The zero-order valence-corrected chi connectivity index (χ0v) is 13.9. The summed E-state index contributed by atoms with van der Waals surface area (Å²) < 4.78 is 0. The van der Waals surface area contributed by atoms with Crippen molar-refractivity contribution >= 4 is 5.91 Å². The fourth-order valence-corrected chi connectivity index (χ4v) is 3.36. The van der Waals surface area contributed by atoms with Crippen LogP contribution in [0.4, 0.5) is 0 Å². The van der Waals surface area contributed by atoms with E-state index in [-0.39, 0.29) is 0 Å². The number of rotatable bonds is 10. The molecule has 0 aromatic rings. The molecule has 2 fully saturated rings. The van der Waals surface area contributed by atoms with Gasteiger partial charge in [-0.05, 0) is 38.6 Å². The molecule has 0 aromatic heterocycles. The van der Waals surface area contributed by atoms with E-state index < -0.39 is 0 Å². The standard InChI is InChI=1S/C18H34N2O/c1-2-3-4-5-6-7-11-18(21)20(17-12-13-17)15-16-10-8-9-14-19-16/h16-17,19H,2-15H2,1H3. The number of amides is 1. The lowest BCUT2D eigenvalue weighted by Gasteiger charge is -2.31. The molecule has 1 saturated heterocycles. The molecule has 1 saturated carbocycles. The highest BCUT2D eigenvalue weighted by atomic mass is 16.2. The quantitative estimate of drug-likeness (QED) is 0.620. The second-order valence-corrected chi connectivity index (χ2v) is 6.94. The van der Waals surface area contributed by atoms with Crippen molar-refractivity contribution < 1.29 is 4.79 Å². The summed E-state index contributed by atoms with van der Waals surface area (Å²) in [5.41, 5.74) is 0. The number of carbonyl (C=O) groups is 1. The summed E-state index contributed by atoms with van der Waals surface area (Å²) in [5, 5.41) is 3.58. The van der Waals surface area contributed by atoms with Gasteiger partial charge in [0.1, 0.15) is 0 Å². The van der Waals surface area contributed by atoms with E-state index in [1.807, 2.05) is 0 Å². The highest BCUT2D eigenvalue weighted by Gasteiger charge is 2.33. The van der Waals surface area contributed by atoms with Gasteiger partial charge in [0.15, 0.2) is 0 Å². The molecule has 1 amide bonds. The molecule has 21 heavy (non-hydrogen) atoms. The van der Waals surface area contributed by atoms with E-state index in [4.69, 9.17) is 0 Å². The van der Waals surface area contributed by atoms with Gasteiger partial charge in [-0.3, -0.25) is 4.79 Å². The molecule has 1 heterocycles. The molecule has 1 atom stereocenters. The summed E-state index contributed by atoms with van der Waals surface area (Å²) >= 11 is 0. The summed E-state index contributed by atoms with van der Waals surface area (Å²) in [5.74, 6) is 0.417. The van der Waals surface area contributed by atoms with E-state index in [1.54, 1.807) is 0 Å². The third kappa shape index (κ3) is 6.37. The summed E-state index contributed by atoms with van der Waals surface area (Å²) in [4.78, 5) is 14.7. The van der Waals surface area contributed by atoms with Crippen molar-refractivity contribution in [1.82, 2.24) is 10.2 Å². The average Bonchev–Trinajstić information content (AvgIpc) is 3.34. The van der Waals surface area contributed by atoms with E-state index >= 15 is 0 Å². The van der Waals surface area contributed by atoms with Crippen LogP contribution >= 0.6 is 0 Å². The van der Waals surface area contributed by atoms with E-state index in [9.17, 15) is 4.79 Å². The van der Waals surface area contributed by atoms with Crippen molar-refractivity contribution in [1.29, 1.82) is 0 Å². The predicted molar refractivity (Wildman–Crippen MR) is 88.4 cm³/mol. The number of hydrogen-bond acceptors (Lipinski definition) is 2. The van der Waals surface area contributed by atoms with Crippen LogP contribution in [0.3, 0.4) is 0 Å². The molecule has 1 aliphatic carbocycles. The van der Waals surface area contributed by atoms with Crippen molar-refractivity contribution in [2.45, 2.75) is 96.1 Å². The van der Waals surface area contributed by atoms with E-state index in [1.165, 1.54) is 64.2 Å². The lowest BCUT2D eigenvalue weighted by atomic mass is 10.0. The first-order valence-electron chi connectivity index (χ1n) is 9.34. The smallest absolute Gasteiger partial charge is 0.222 e. The van der Waals surface area contributed by atoms with Crippen LogP contribution in [-0.4, -0.2) is 36.0 Å². The van der Waals surface area contributed by atoms with Gasteiger partial charge in [0, 0.05) is 25.0 Å². The Morgan fingerprint density at radius 3 is 2.48 bits per heavy atom. The molecule has 1 N–H and O–H groups in total. The van der Waals surface area contributed by atoms with Crippen LogP contribution in [0.15, 0.2) is 0 Å². The number of nitrogens with zero attached hydrogens (tertiary/aromatic N) is 1. The van der Waals surface area contributed by atoms with Gasteiger partial charge in [-0.2, -0.15) is 0 Å². The van der Waals surface area contributed by atoms with Gasteiger partial charge in [0.2, 0.25) is 5.91 Å². The van der Waals surface area contributed by atoms with Gasteiger partial charge in [-0.1, -0.05) is 45.4 Å². The molecular formula is C18H34N2O. The normalized spacial score (nSPS) is 22.2. The topological polar surface area (TPSA) is 32.3 Å². The molecule has 0 aromatic carbocycles. The Hall–Kier alpha value is -0.570.